The summed E-state index contributed by atoms with van der Waals surface area (Å²) in [4.78, 5) is 37.8. The largest absolute Gasteiger partial charge is 0.462 e. The van der Waals surface area contributed by atoms with Crippen molar-refractivity contribution < 1.29 is 32.6 Å². The van der Waals surface area contributed by atoms with E-state index < -0.39 is 68.0 Å². The number of aromatic amines is 1. The van der Waals surface area contributed by atoms with Gasteiger partial charge in [-0.1, -0.05) is 24.8 Å². The number of carbonyl (C=O) groups excluding carboxylic acids is 1. The van der Waals surface area contributed by atoms with Gasteiger partial charge < -0.3 is 14.4 Å². The zero-order valence-electron chi connectivity index (χ0n) is 20.0. The molecule has 2 aromatic rings. The van der Waals surface area contributed by atoms with Crippen LogP contribution < -0.4 is 20.9 Å². The van der Waals surface area contributed by atoms with Gasteiger partial charge >= 0.3 is 19.4 Å². The molecule has 1 fully saturated rings. The Morgan fingerprint density at radius 1 is 1.25 bits per heavy atom. The lowest BCUT2D eigenvalue weighted by molar-refractivity contribution is -0.149. The van der Waals surface area contributed by atoms with E-state index >= 15 is 4.39 Å². The van der Waals surface area contributed by atoms with Crippen molar-refractivity contribution in [2.45, 2.75) is 51.2 Å². The van der Waals surface area contributed by atoms with Crippen molar-refractivity contribution >= 4 is 13.7 Å². The molecule has 1 aliphatic carbocycles. The molecule has 1 heterocycles. The van der Waals surface area contributed by atoms with Crippen LogP contribution in [0.2, 0.25) is 0 Å². The summed E-state index contributed by atoms with van der Waals surface area (Å²) in [5.41, 5.74) is -1.45. The number of nitrogens with zero attached hydrogens (tertiary/aromatic N) is 1. The molecule has 13 heteroatoms. The van der Waals surface area contributed by atoms with E-state index in [4.69, 9.17) is 13.8 Å². The molecule has 6 atom stereocenters. The number of aliphatic hydroxyl groups excluding tert-OH is 1. The van der Waals surface area contributed by atoms with Crippen LogP contribution in [0, 0.1) is 5.92 Å². The molecule has 1 aliphatic rings. The number of aliphatic hydroxyl groups is 1. The van der Waals surface area contributed by atoms with Crippen LogP contribution >= 0.6 is 7.75 Å². The van der Waals surface area contributed by atoms with Gasteiger partial charge in [0.15, 0.2) is 6.17 Å². The van der Waals surface area contributed by atoms with E-state index in [0.717, 1.165) is 16.8 Å². The number of para-hydroxylation sites is 1. The number of hydrogen-bond donors (Lipinski definition) is 3. The van der Waals surface area contributed by atoms with Crippen molar-refractivity contribution in [1.29, 1.82) is 0 Å². The molecule has 1 aromatic heterocycles. The minimum absolute atomic E-state index is 0.0858. The Morgan fingerprint density at radius 3 is 2.53 bits per heavy atom. The zero-order chi connectivity index (χ0) is 26.6. The van der Waals surface area contributed by atoms with Gasteiger partial charge in [0.05, 0.1) is 24.9 Å². The number of hydrogen-bond acceptors (Lipinski definition) is 8. The zero-order valence-corrected chi connectivity index (χ0v) is 20.9. The number of H-pyrrole nitrogens is 1. The second-order valence-corrected chi connectivity index (χ2v) is 10.3. The van der Waals surface area contributed by atoms with E-state index in [-0.39, 0.29) is 11.3 Å². The van der Waals surface area contributed by atoms with Crippen molar-refractivity contribution in [3.05, 3.63) is 75.6 Å². The van der Waals surface area contributed by atoms with Crippen molar-refractivity contribution in [3.63, 3.8) is 0 Å². The third kappa shape index (κ3) is 6.38. The predicted molar refractivity (Wildman–Crippen MR) is 128 cm³/mol. The summed E-state index contributed by atoms with van der Waals surface area (Å²) in [6, 6.07) is 6.69. The van der Waals surface area contributed by atoms with Crippen molar-refractivity contribution in [3.8, 4) is 5.75 Å². The van der Waals surface area contributed by atoms with Gasteiger partial charge in [-0.15, -0.1) is 0 Å². The molecule has 1 aromatic carbocycles. The van der Waals surface area contributed by atoms with Gasteiger partial charge in [-0.2, -0.15) is 5.09 Å². The number of halogens is 1. The molecule has 36 heavy (non-hydrogen) atoms. The number of benzene rings is 1. The Balaban J connectivity index is 1.81. The fourth-order valence-electron chi connectivity index (χ4n) is 3.75. The minimum Gasteiger partial charge on any atom is -0.462 e. The van der Waals surface area contributed by atoms with E-state index in [1.54, 1.807) is 32.0 Å². The molecule has 2 unspecified atom stereocenters. The highest BCUT2D eigenvalue weighted by molar-refractivity contribution is 7.52. The molecule has 0 spiro atoms. The van der Waals surface area contributed by atoms with Gasteiger partial charge in [-0.25, -0.2) is 13.8 Å². The molecule has 0 radical (unpaired) electrons. The van der Waals surface area contributed by atoms with Gasteiger partial charge in [0.25, 0.3) is 5.56 Å². The summed E-state index contributed by atoms with van der Waals surface area (Å²) in [5.74, 6) is -1.61. The van der Waals surface area contributed by atoms with Crippen molar-refractivity contribution in [2.75, 3.05) is 6.61 Å². The molecule has 3 rings (SSSR count). The van der Waals surface area contributed by atoms with Crippen molar-refractivity contribution in [2.24, 2.45) is 5.92 Å². The van der Waals surface area contributed by atoms with E-state index in [1.165, 1.54) is 19.1 Å². The summed E-state index contributed by atoms with van der Waals surface area (Å²) in [6.45, 7) is 8.02. The average Bonchev–Trinajstić information content (AvgIpc) is 3.00. The van der Waals surface area contributed by atoms with E-state index in [9.17, 15) is 24.1 Å². The Kier molecular flexibility index (Phi) is 8.67. The van der Waals surface area contributed by atoms with Gasteiger partial charge in [0.1, 0.15) is 11.8 Å². The average molecular weight is 525 g/mol. The third-order valence-corrected chi connectivity index (χ3v) is 7.14. The molecule has 1 saturated carbocycles. The molecule has 0 saturated heterocycles. The molecular formula is C23H29FN3O8P. The Morgan fingerprint density at radius 2 is 1.92 bits per heavy atom. The van der Waals surface area contributed by atoms with E-state index in [0.29, 0.717) is 0 Å². The van der Waals surface area contributed by atoms with E-state index in [2.05, 4.69) is 11.7 Å². The molecular weight excluding hydrogens is 496 g/mol. The molecule has 0 aliphatic heterocycles. The normalized spacial score (nSPS) is 24.3. The Labute approximate surface area is 206 Å². The quantitative estimate of drug-likeness (QED) is 0.241. The van der Waals surface area contributed by atoms with Gasteiger partial charge in [0, 0.05) is 18.2 Å². The van der Waals surface area contributed by atoms with Crippen molar-refractivity contribution in [1.82, 2.24) is 14.6 Å². The monoisotopic (exact) mass is 525 g/mol. The summed E-state index contributed by atoms with van der Waals surface area (Å²) in [7, 11) is -4.27. The van der Waals surface area contributed by atoms with Gasteiger partial charge in [-0.3, -0.25) is 23.7 Å². The SMILES string of the molecule is C=C1[C@@H](n2ccc(=O)[nH]c2=O)C(F)C(O)[C@H]1CO[P@@](=O)(N[C@@H](C)C(=O)OC(C)C)Oc1ccccc1. The van der Waals surface area contributed by atoms with Crippen LogP contribution in [0.1, 0.15) is 26.8 Å². The first kappa shape index (κ1) is 27.5. The second-order valence-electron chi connectivity index (χ2n) is 8.61. The maximum atomic E-state index is 15.1. The highest BCUT2D eigenvalue weighted by Gasteiger charge is 2.48. The van der Waals surface area contributed by atoms with Crippen LogP contribution in [0.4, 0.5) is 4.39 Å². The first-order valence-corrected chi connectivity index (χ1v) is 12.8. The standard InChI is InChI=1S/C23H29FN3O8P/c1-13(2)34-22(30)15(4)26-36(32,35-16-8-6-5-7-9-16)33-12-17-14(3)20(19(24)21(17)29)27-11-10-18(28)25-23(27)31/h5-11,13,15,17,19-21,29H,3,12H2,1-2,4H3,(H,26,32)(H,25,28,31)/t15-,17-,19?,20+,21?,36-/m0/s1. The molecule has 196 valence electrons. The number of rotatable bonds is 10. The number of aromatic nitrogens is 2. The first-order valence-electron chi connectivity index (χ1n) is 11.2. The lowest BCUT2D eigenvalue weighted by Crippen LogP contribution is -2.37. The van der Waals surface area contributed by atoms with Crippen LogP contribution in [0.5, 0.6) is 5.75 Å². The summed E-state index contributed by atoms with van der Waals surface area (Å²) in [5, 5.41) is 13.0. The molecule has 11 nitrogen and oxygen atoms in total. The summed E-state index contributed by atoms with van der Waals surface area (Å²) >= 11 is 0. The fourth-order valence-corrected chi connectivity index (χ4v) is 5.26. The highest BCUT2D eigenvalue weighted by atomic mass is 31.2. The smallest absolute Gasteiger partial charge is 0.459 e. The summed E-state index contributed by atoms with van der Waals surface area (Å²) < 4.78 is 45.8. The maximum Gasteiger partial charge on any atom is 0.459 e. The van der Waals surface area contributed by atoms with Crippen LogP contribution in [0.3, 0.4) is 0 Å². The lowest BCUT2D eigenvalue weighted by atomic mass is 10.0. The lowest BCUT2D eigenvalue weighted by Gasteiger charge is -2.25. The number of esters is 1. The highest BCUT2D eigenvalue weighted by Crippen LogP contribution is 2.48. The second kappa shape index (κ2) is 11.3. The summed E-state index contributed by atoms with van der Waals surface area (Å²) in [6.07, 6.45) is -2.93. The minimum atomic E-state index is -4.27. The number of alkyl halides is 1. The van der Waals surface area contributed by atoms with Gasteiger partial charge in [0.2, 0.25) is 0 Å². The number of carbonyl (C=O) groups is 1. The number of nitrogens with one attached hydrogen (secondary N) is 2. The molecule has 0 bridgehead atoms. The maximum absolute atomic E-state index is 15.1. The Hall–Kier alpha value is -3.05. The molecule has 3 N–H and O–H groups in total. The van der Waals surface area contributed by atoms with Crippen LogP contribution in [0.15, 0.2) is 64.3 Å². The first-order chi connectivity index (χ1) is 16.9. The Bertz CT molecular complexity index is 1250. The molecule has 0 amide bonds. The van der Waals surface area contributed by atoms with Crippen LogP contribution in [-0.4, -0.2) is 51.7 Å². The van der Waals surface area contributed by atoms with E-state index in [1.807, 2.05) is 4.98 Å². The number of ether oxygens (including phenoxy) is 1. The topological polar surface area (TPSA) is 149 Å². The van der Waals surface area contributed by atoms with Gasteiger partial charge in [-0.05, 0) is 38.5 Å². The third-order valence-electron chi connectivity index (χ3n) is 5.50. The van der Waals surface area contributed by atoms with Crippen LogP contribution in [-0.2, 0) is 18.6 Å². The predicted octanol–water partition coefficient (Wildman–Crippen LogP) is 2.10. The fraction of sp³-hybridized carbons (Fsp3) is 0.435. The van der Waals surface area contributed by atoms with Crippen LogP contribution in [0.25, 0.3) is 0 Å².